The first-order valence-corrected chi connectivity index (χ1v) is 7.52. The Bertz CT molecular complexity index is 756. The number of halogens is 2. The van der Waals surface area contributed by atoms with E-state index < -0.39 is 0 Å². The van der Waals surface area contributed by atoms with Crippen molar-refractivity contribution in [1.29, 1.82) is 0 Å². The van der Waals surface area contributed by atoms with Gasteiger partial charge in [0.1, 0.15) is 0 Å². The number of anilines is 1. The molecule has 100 valence electrons. The van der Waals surface area contributed by atoms with Crippen LogP contribution < -0.4 is 4.90 Å². The lowest BCUT2D eigenvalue weighted by molar-refractivity contribution is 0.0926. The first-order valence-electron chi connectivity index (χ1n) is 5.93. The molecule has 1 aliphatic rings. The van der Waals surface area contributed by atoms with Crippen LogP contribution in [-0.4, -0.2) is 11.8 Å². The maximum atomic E-state index is 12.4. The van der Waals surface area contributed by atoms with Crippen molar-refractivity contribution >= 4 is 49.4 Å². The van der Waals surface area contributed by atoms with Gasteiger partial charge in [0.15, 0.2) is 0 Å². The second kappa shape index (κ2) is 4.82. The van der Waals surface area contributed by atoms with Gasteiger partial charge in [-0.1, -0.05) is 31.9 Å². The second-order valence-electron chi connectivity index (χ2n) is 4.57. The molecule has 0 N–H and O–H groups in total. The third-order valence-corrected chi connectivity index (χ3v) is 4.63. The minimum atomic E-state index is -0.284. The van der Waals surface area contributed by atoms with Gasteiger partial charge in [-0.15, -0.1) is 0 Å². The highest BCUT2D eigenvalue weighted by Gasteiger charge is 2.36. The molecule has 0 saturated carbocycles. The van der Waals surface area contributed by atoms with Crippen molar-refractivity contribution in [3.63, 3.8) is 0 Å². The summed E-state index contributed by atoms with van der Waals surface area (Å²) in [6.45, 7) is 1.92. The van der Waals surface area contributed by atoms with Gasteiger partial charge in [0.2, 0.25) is 0 Å². The van der Waals surface area contributed by atoms with Crippen molar-refractivity contribution in [1.82, 2.24) is 0 Å². The number of carbonyl (C=O) groups excluding carboxylic acids is 2. The predicted octanol–water partition coefficient (Wildman–Crippen LogP) is 4.32. The molecule has 1 heterocycles. The topological polar surface area (TPSA) is 37.4 Å². The molecular weight excluding hydrogens is 386 g/mol. The van der Waals surface area contributed by atoms with E-state index in [-0.39, 0.29) is 11.8 Å². The van der Waals surface area contributed by atoms with Gasteiger partial charge >= 0.3 is 0 Å². The number of hydrogen-bond acceptors (Lipinski definition) is 2. The lowest BCUT2D eigenvalue weighted by Gasteiger charge is -2.14. The number of carbonyl (C=O) groups is 2. The standard InChI is InChI=1S/C15H9Br2NO2/c1-8-6-10(3-5-13(8)17)18-14(19)11-4-2-9(16)7-12(11)15(18)20/h2-7H,1H3. The summed E-state index contributed by atoms with van der Waals surface area (Å²) in [4.78, 5) is 26.0. The van der Waals surface area contributed by atoms with E-state index in [0.717, 1.165) is 14.5 Å². The van der Waals surface area contributed by atoms with E-state index in [2.05, 4.69) is 31.9 Å². The van der Waals surface area contributed by atoms with Crippen LogP contribution in [0.4, 0.5) is 5.69 Å². The number of amides is 2. The van der Waals surface area contributed by atoms with Gasteiger partial charge in [-0.2, -0.15) is 0 Å². The van der Waals surface area contributed by atoms with E-state index >= 15 is 0 Å². The van der Waals surface area contributed by atoms with Crippen molar-refractivity contribution in [2.75, 3.05) is 4.90 Å². The summed E-state index contributed by atoms with van der Waals surface area (Å²) in [5, 5.41) is 0. The fourth-order valence-electron chi connectivity index (χ4n) is 2.22. The number of imide groups is 1. The summed E-state index contributed by atoms with van der Waals surface area (Å²) in [5.41, 5.74) is 2.44. The van der Waals surface area contributed by atoms with E-state index in [9.17, 15) is 9.59 Å². The minimum absolute atomic E-state index is 0.278. The zero-order chi connectivity index (χ0) is 14.4. The molecule has 20 heavy (non-hydrogen) atoms. The Morgan fingerprint density at radius 1 is 0.900 bits per heavy atom. The molecule has 0 spiro atoms. The number of fused-ring (bicyclic) bond motifs is 1. The van der Waals surface area contributed by atoms with Crippen LogP contribution in [0.1, 0.15) is 26.3 Å². The number of rotatable bonds is 1. The summed E-state index contributed by atoms with van der Waals surface area (Å²) in [6.07, 6.45) is 0. The van der Waals surface area contributed by atoms with E-state index in [1.54, 1.807) is 24.3 Å². The molecule has 0 atom stereocenters. The van der Waals surface area contributed by atoms with E-state index in [0.29, 0.717) is 16.8 Å². The molecule has 2 amide bonds. The molecule has 0 fully saturated rings. The monoisotopic (exact) mass is 393 g/mol. The van der Waals surface area contributed by atoms with Crippen LogP contribution in [0, 0.1) is 6.92 Å². The average molecular weight is 395 g/mol. The number of nitrogens with zero attached hydrogens (tertiary/aromatic N) is 1. The molecule has 5 heteroatoms. The van der Waals surface area contributed by atoms with Crippen LogP contribution in [0.5, 0.6) is 0 Å². The summed E-state index contributed by atoms with van der Waals surface area (Å²) in [7, 11) is 0. The van der Waals surface area contributed by atoms with Crippen LogP contribution >= 0.6 is 31.9 Å². The van der Waals surface area contributed by atoms with Crippen molar-refractivity contribution in [3.8, 4) is 0 Å². The highest BCUT2D eigenvalue weighted by atomic mass is 79.9. The molecule has 0 aromatic heterocycles. The van der Waals surface area contributed by atoms with Gasteiger partial charge in [0.25, 0.3) is 11.8 Å². The van der Waals surface area contributed by atoms with Crippen LogP contribution in [0.2, 0.25) is 0 Å². The fourth-order valence-corrected chi connectivity index (χ4v) is 2.82. The molecule has 0 aliphatic carbocycles. The smallest absolute Gasteiger partial charge is 0.266 e. The lowest BCUT2D eigenvalue weighted by Crippen LogP contribution is -2.29. The highest BCUT2D eigenvalue weighted by molar-refractivity contribution is 9.10. The maximum absolute atomic E-state index is 12.4. The predicted molar refractivity (Wildman–Crippen MR) is 84.2 cm³/mol. The Balaban J connectivity index is 2.11. The Morgan fingerprint density at radius 2 is 1.60 bits per heavy atom. The minimum Gasteiger partial charge on any atom is -0.268 e. The first kappa shape index (κ1) is 13.5. The first-order chi connectivity index (χ1) is 9.49. The zero-order valence-electron chi connectivity index (χ0n) is 10.5. The number of aryl methyl sites for hydroxylation is 1. The van der Waals surface area contributed by atoms with Gasteiger partial charge in [-0.05, 0) is 48.9 Å². The molecule has 0 bridgehead atoms. The van der Waals surface area contributed by atoms with Crippen molar-refractivity contribution in [3.05, 3.63) is 62.0 Å². The number of benzene rings is 2. The van der Waals surface area contributed by atoms with Crippen molar-refractivity contribution in [2.24, 2.45) is 0 Å². The van der Waals surface area contributed by atoms with E-state index in [1.165, 1.54) is 4.90 Å². The molecule has 3 rings (SSSR count). The molecule has 1 aliphatic heterocycles. The molecule has 0 radical (unpaired) electrons. The third kappa shape index (κ3) is 2.01. The fraction of sp³-hybridized carbons (Fsp3) is 0.0667. The summed E-state index contributed by atoms with van der Waals surface area (Å²) in [5.74, 6) is -0.563. The van der Waals surface area contributed by atoms with Crippen LogP contribution in [0.25, 0.3) is 0 Å². The van der Waals surface area contributed by atoms with Crippen LogP contribution in [0.3, 0.4) is 0 Å². The van der Waals surface area contributed by atoms with Gasteiger partial charge < -0.3 is 0 Å². The SMILES string of the molecule is Cc1cc(N2C(=O)c3ccc(Br)cc3C2=O)ccc1Br. The van der Waals surface area contributed by atoms with Gasteiger partial charge in [0.05, 0.1) is 16.8 Å². The normalized spacial score (nSPS) is 13.8. The molecule has 2 aromatic carbocycles. The van der Waals surface area contributed by atoms with E-state index in [4.69, 9.17) is 0 Å². The summed E-state index contributed by atoms with van der Waals surface area (Å²) < 4.78 is 1.73. The quantitative estimate of drug-likeness (QED) is 0.675. The Hall–Kier alpha value is -1.46. The van der Waals surface area contributed by atoms with Gasteiger partial charge in [0, 0.05) is 8.95 Å². The van der Waals surface area contributed by atoms with Gasteiger partial charge in [-0.3, -0.25) is 9.59 Å². The average Bonchev–Trinajstić information content (AvgIpc) is 2.65. The largest absolute Gasteiger partial charge is 0.268 e. The van der Waals surface area contributed by atoms with Gasteiger partial charge in [-0.25, -0.2) is 4.90 Å². The Labute approximate surface area is 132 Å². The van der Waals surface area contributed by atoms with Crippen LogP contribution in [-0.2, 0) is 0 Å². The number of hydrogen-bond donors (Lipinski definition) is 0. The summed E-state index contributed by atoms with van der Waals surface area (Å²) in [6, 6.07) is 10.5. The van der Waals surface area contributed by atoms with Crippen molar-refractivity contribution in [2.45, 2.75) is 6.92 Å². The van der Waals surface area contributed by atoms with Crippen molar-refractivity contribution < 1.29 is 9.59 Å². The van der Waals surface area contributed by atoms with Crippen LogP contribution in [0.15, 0.2) is 45.3 Å². The zero-order valence-corrected chi connectivity index (χ0v) is 13.7. The maximum Gasteiger partial charge on any atom is 0.266 e. The molecule has 2 aromatic rings. The molecular formula is C15H9Br2NO2. The molecule has 0 saturated heterocycles. The molecule has 3 nitrogen and oxygen atoms in total. The molecule has 0 unspecified atom stereocenters. The lowest BCUT2D eigenvalue weighted by atomic mass is 10.1. The second-order valence-corrected chi connectivity index (χ2v) is 6.34. The highest BCUT2D eigenvalue weighted by Crippen LogP contribution is 2.31. The third-order valence-electron chi connectivity index (χ3n) is 3.25. The summed E-state index contributed by atoms with van der Waals surface area (Å²) >= 11 is 6.73. The Morgan fingerprint density at radius 3 is 2.30 bits per heavy atom. The van der Waals surface area contributed by atoms with E-state index in [1.807, 2.05) is 19.1 Å². The Kier molecular flexibility index (Phi) is 3.26.